The Hall–Kier alpha value is -2.00. The second-order valence-corrected chi connectivity index (χ2v) is 5.55. The van der Waals surface area contributed by atoms with Crippen molar-refractivity contribution in [3.05, 3.63) is 58.6 Å². The first-order valence-corrected chi connectivity index (χ1v) is 7.78. The maximum atomic E-state index is 12.2. The van der Waals surface area contributed by atoms with Crippen LogP contribution in [0.25, 0.3) is 0 Å². The number of halogens is 1. The number of hydrogen-bond donors (Lipinski definition) is 1. The van der Waals surface area contributed by atoms with Crippen LogP contribution in [0.2, 0.25) is 5.02 Å². The number of amides is 1. The number of benzene rings is 2. The van der Waals surface area contributed by atoms with Crippen LogP contribution in [-0.2, 0) is 0 Å². The number of hydrogen-bond acceptors (Lipinski definition) is 2. The standard InChI is InChI=1S/C18H20ClNO2/c1-3-4-11-22-16-9-6-14(7-10-16)18(21)20-15-8-5-13(2)17(19)12-15/h5-10,12H,3-4,11H2,1-2H3,(H,20,21). The Balaban J connectivity index is 1.98. The molecule has 0 aliphatic carbocycles. The topological polar surface area (TPSA) is 38.3 Å². The summed E-state index contributed by atoms with van der Waals surface area (Å²) < 4.78 is 5.58. The molecule has 0 fully saturated rings. The minimum atomic E-state index is -0.167. The van der Waals surface area contributed by atoms with Crippen LogP contribution in [0.3, 0.4) is 0 Å². The van der Waals surface area contributed by atoms with E-state index in [1.807, 2.05) is 31.2 Å². The maximum Gasteiger partial charge on any atom is 0.255 e. The lowest BCUT2D eigenvalue weighted by Gasteiger charge is -2.08. The van der Waals surface area contributed by atoms with Crippen molar-refractivity contribution < 1.29 is 9.53 Å². The number of nitrogens with one attached hydrogen (secondary N) is 1. The van der Waals surface area contributed by atoms with E-state index in [0.717, 1.165) is 24.2 Å². The molecule has 116 valence electrons. The van der Waals surface area contributed by atoms with Gasteiger partial charge in [-0.15, -0.1) is 0 Å². The van der Waals surface area contributed by atoms with Gasteiger partial charge in [0.2, 0.25) is 0 Å². The number of carbonyl (C=O) groups excluding carboxylic acids is 1. The van der Waals surface area contributed by atoms with Crippen LogP contribution >= 0.6 is 11.6 Å². The smallest absolute Gasteiger partial charge is 0.255 e. The van der Waals surface area contributed by atoms with Crippen LogP contribution in [0.1, 0.15) is 35.7 Å². The van der Waals surface area contributed by atoms with Crippen LogP contribution < -0.4 is 10.1 Å². The van der Waals surface area contributed by atoms with Gasteiger partial charge in [0.25, 0.3) is 5.91 Å². The molecule has 0 aliphatic rings. The van der Waals surface area contributed by atoms with Crippen LogP contribution in [-0.4, -0.2) is 12.5 Å². The Labute approximate surface area is 136 Å². The summed E-state index contributed by atoms with van der Waals surface area (Å²) >= 11 is 6.06. The first-order valence-electron chi connectivity index (χ1n) is 7.40. The van der Waals surface area contributed by atoms with Crippen LogP contribution in [0.4, 0.5) is 5.69 Å². The zero-order valence-electron chi connectivity index (χ0n) is 12.9. The first kappa shape index (κ1) is 16.4. The fourth-order valence-corrected chi connectivity index (χ4v) is 2.09. The maximum absolute atomic E-state index is 12.2. The molecule has 0 aromatic heterocycles. The number of unbranched alkanes of at least 4 members (excludes halogenated alkanes) is 1. The highest BCUT2D eigenvalue weighted by molar-refractivity contribution is 6.31. The van der Waals surface area contributed by atoms with E-state index in [2.05, 4.69) is 12.2 Å². The quantitative estimate of drug-likeness (QED) is 0.754. The Morgan fingerprint density at radius 1 is 1.18 bits per heavy atom. The molecule has 0 aliphatic heterocycles. The largest absolute Gasteiger partial charge is 0.494 e. The predicted octanol–water partition coefficient (Wildman–Crippen LogP) is 5.08. The fourth-order valence-electron chi connectivity index (χ4n) is 1.91. The number of aryl methyl sites for hydroxylation is 1. The average Bonchev–Trinajstić information content (AvgIpc) is 2.52. The molecule has 0 saturated carbocycles. The average molecular weight is 318 g/mol. The Bertz CT molecular complexity index is 638. The molecular weight excluding hydrogens is 298 g/mol. The van der Waals surface area contributed by atoms with Crippen molar-refractivity contribution in [2.45, 2.75) is 26.7 Å². The second-order valence-electron chi connectivity index (χ2n) is 5.14. The predicted molar refractivity (Wildman–Crippen MR) is 91.0 cm³/mol. The van der Waals surface area contributed by atoms with Crippen molar-refractivity contribution in [2.24, 2.45) is 0 Å². The third-order valence-corrected chi connectivity index (χ3v) is 3.72. The molecule has 0 bridgehead atoms. The van der Waals surface area contributed by atoms with Gasteiger partial charge in [-0.25, -0.2) is 0 Å². The summed E-state index contributed by atoms with van der Waals surface area (Å²) in [5, 5.41) is 3.47. The molecule has 22 heavy (non-hydrogen) atoms. The highest BCUT2D eigenvalue weighted by atomic mass is 35.5. The molecule has 0 unspecified atom stereocenters. The summed E-state index contributed by atoms with van der Waals surface area (Å²) in [7, 11) is 0. The van der Waals surface area contributed by atoms with Gasteiger partial charge in [-0.2, -0.15) is 0 Å². The molecule has 1 amide bonds. The van der Waals surface area contributed by atoms with Crippen molar-refractivity contribution >= 4 is 23.2 Å². The third kappa shape index (κ3) is 4.50. The van der Waals surface area contributed by atoms with E-state index < -0.39 is 0 Å². The van der Waals surface area contributed by atoms with Crippen molar-refractivity contribution in [3.8, 4) is 5.75 Å². The number of anilines is 1. The molecule has 2 aromatic rings. The van der Waals surface area contributed by atoms with Gasteiger partial charge in [0.15, 0.2) is 0 Å². The van der Waals surface area contributed by atoms with E-state index in [-0.39, 0.29) is 5.91 Å². The van der Waals surface area contributed by atoms with E-state index in [4.69, 9.17) is 16.3 Å². The minimum absolute atomic E-state index is 0.167. The molecule has 0 saturated heterocycles. The molecule has 0 radical (unpaired) electrons. The van der Waals surface area contributed by atoms with Crippen LogP contribution in [0.15, 0.2) is 42.5 Å². The number of carbonyl (C=O) groups is 1. The van der Waals surface area contributed by atoms with Crippen LogP contribution in [0, 0.1) is 6.92 Å². The van der Waals surface area contributed by atoms with E-state index in [1.165, 1.54) is 0 Å². The lowest BCUT2D eigenvalue weighted by Crippen LogP contribution is -2.11. The summed E-state index contributed by atoms with van der Waals surface area (Å²) in [6, 6.07) is 12.6. The minimum Gasteiger partial charge on any atom is -0.494 e. The molecule has 3 nitrogen and oxygen atoms in total. The van der Waals surface area contributed by atoms with Gasteiger partial charge in [-0.3, -0.25) is 4.79 Å². The van der Waals surface area contributed by atoms with E-state index in [1.54, 1.807) is 18.2 Å². The summed E-state index contributed by atoms with van der Waals surface area (Å²) in [4.78, 5) is 12.2. The van der Waals surface area contributed by atoms with E-state index in [0.29, 0.717) is 22.9 Å². The summed E-state index contributed by atoms with van der Waals surface area (Å²) in [6.07, 6.45) is 2.12. The van der Waals surface area contributed by atoms with Gasteiger partial charge in [0, 0.05) is 16.3 Å². The molecule has 0 atom stereocenters. The fraction of sp³-hybridized carbons (Fsp3) is 0.278. The summed E-state index contributed by atoms with van der Waals surface area (Å²) in [5.41, 5.74) is 2.25. The summed E-state index contributed by atoms with van der Waals surface area (Å²) in [5.74, 6) is 0.614. The van der Waals surface area contributed by atoms with Crippen molar-refractivity contribution in [2.75, 3.05) is 11.9 Å². The normalized spacial score (nSPS) is 10.3. The lowest BCUT2D eigenvalue weighted by atomic mass is 10.2. The van der Waals surface area contributed by atoms with Crippen molar-refractivity contribution in [1.29, 1.82) is 0 Å². The first-order chi connectivity index (χ1) is 10.6. The summed E-state index contributed by atoms with van der Waals surface area (Å²) in [6.45, 7) is 4.74. The zero-order chi connectivity index (χ0) is 15.9. The van der Waals surface area contributed by atoms with Gasteiger partial charge in [0.1, 0.15) is 5.75 Å². The SMILES string of the molecule is CCCCOc1ccc(C(=O)Nc2ccc(C)c(Cl)c2)cc1. The molecule has 0 spiro atoms. The number of ether oxygens (including phenoxy) is 1. The van der Waals surface area contributed by atoms with Crippen molar-refractivity contribution in [1.82, 2.24) is 0 Å². The van der Waals surface area contributed by atoms with Crippen LogP contribution in [0.5, 0.6) is 5.75 Å². The molecule has 0 heterocycles. The van der Waals surface area contributed by atoms with Gasteiger partial charge >= 0.3 is 0 Å². The lowest BCUT2D eigenvalue weighted by molar-refractivity contribution is 0.102. The Morgan fingerprint density at radius 3 is 2.55 bits per heavy atom. The molecule has 1 N–H and O–H groups in total. The molecule has 4 heteroatoms. The van der Waals surface area contributed by atoms with Gasteiger partial charge in [-0.05, 0) is 55.3 Å². The second kappa shape index (κ2) is 7.85. The Kier molecular flexibility index (Phi) is 5.84. The van der Waals surface area contributed by atoms with E-state index >= 15 is 0 Å². The van der Waals surface area contributed by atoms with Gasteiger partial charge in [0.05, 0.1) is 6.61 Å². The monoisotopic (exact) mass is 317 g/mol. The number of rotatable bonds is 6. The molecular formula is C18H20ClNO2. The van der Waals surface area contributed by atoms with Gasteiger partial charge < -0.3 is 10.1 Å². The zero-order valence-corrected chi connectivity index (χ0v) is 13.6. The third-order valence-electron chi connectivity index (χ3n) is 3.31. The molecule has 2 rings (SSSR count). The highest BCUT2D eigenvalue weighted by Crippen LogP contribution is 2.21. The highest BCUT2D eigenvalue weighted by Gasteiger charge is 2.07. The Morgan fingerprint density at radius 2 is 1.91 bits per heavy atom. The van der Waals surface area contributed by atoms with Gasteiger partial charge in [-0.1, -0.05) is 31.0 Å². The van der Waals surface area contributed by atoms with Crippen molar-refractivity contribution in [3.63, 3.8) is 0 Å². The molecule has 2 aromatic carbocycles. The van der Waals surface area contributed by atoms with E-state index in [9.17, 15) is 4.79 Å².